The molecular formula is C37H54N8O5. The van der Waals surface area contributed by atoms with Crippen molar-refractivity contribution >= 4 is 29.5 Å². The van der Waals surface area contributed by atoms with Crippen LogP contribution in [-0.2, 0) is 36.8 Å². The van der Waals surface area contributed by atoms with E-state index in [1.165, 1.54) is 0 Å². The number of piperazine rings is 1. The average Bonchev–Trinajstić information content (AvgIpc) is 3.09. The van der Waals surface area contributed by atoms with E-state index in [1.807, 2.05) is 79.4 Å². The molecule has 5 rings (SSSR count). The van der Waals surface area contributed by atoms with Crippen LogP contribution in [0.1, 0.15) is 57.1 Å². The Morgan fingerprint density at radius 3 is 1.86 bits per heavy atom. The number of hydrogen-bond donors (Lipinski definition) is 6. The van der Waals surface area contributed by atoms with Crippen molar-refractivity contribution in [3.8, 4) is 0 Å². The third-order valence-electron chi connectivity index (χ3n) is 9.45. The number of unbranched alkanes of at least 4 members (excludes halogenated alkanes) is 1. The number of amides is 5. The maximum absolute atomic E-state index is 13.9. The minimum atomic E-state index is -1.00. The van der Waals surface area contributed by atoms with Crippen LogP contribution in [0.5, 0.6) is 0 Å². The van der Waals surface area contributed by atoms with E-state index in [2.05, 4.69) is 16.0 Å². The molecule has 2 bridgehead atoms. The fourth-order valence-electron chi connectivity index (χ4n) is 6.82. The van der Waals surface area contributed by atoms with E-state index in [-0.39, 0.29) is 36.9 Å². The molecule has 3 fully saturated rings. The Bertz CT molecular complexity index is 1430. The van der Waals surface area contributed by atoms with Gasteiger partial charge >= 0.3 is 0 Å². The van der Waals surface area contributed by atoms with E-state index in [4.69, 9.17) is 17.2 Å². The Morgan fingerprint density at radius 1 is 0.760 bits per heavy atom. The predicted molar refractivity (Wildman–Crippen MR) is 191 cm³/mol. The zero-order chi connectivity index (χ0) is 36.2. The van der Waals surface area contributed by atoms with Gasteiger partial charge in [0.2, 0.25) is 29.5 Å². The molecule has 3 aliphatic heterocycles. The van der Waals surface area contributed by atoms with Crippen molar-refractivity contribution in [1.82, 2.24) is 25.8 Å². The van der Waals surface area contributed by atoms with Gasteiger partial charge in [-0.05, 0) is 62.1 Å². The molecule has 3 aliphatic rings. The van der Waals surface area contributed by atoms with Crippen LogP contribution >= 0.6 is 0 Å². The number of carbonyl (C=O) groups is 5. The first-order valence-electron chi connectivity index (χ1n) is 17.7. The molecule has 272 valence electrons. The summed E-state index contributed by atoms with van der Waals surface area (Å²) >= 11 is 0. The first-order valence-corrected chi connectivity index (χ1v) is 17.7. The third-order valence-corrected chi connectivity index (χ3v) is 9.45. The molecule has 6 unspecified atom stereocenters. The lowest BCUT2D eigenvalue weighted by molar-refractivity contribution is -0.149. The van der Waals surface area contributed by atoms with Crippen LogP contribution in [-0.4, -0.2) is 102 Å². The van der Waals surface area contributed by atoms with Gasteiger partial charge in [0.05, 0.1) is 12.6 Å². The van der Waals surface area contributed by atoms with Crippen molar-refractivity contribution in [2.24, 2.45) is 23.1 Å². The lowest BCUT2D eigenvalue weighted by Crippen LogP contribution is -2.71. The van der Waals surface area contributed by atoms with Crippen molar-refractivity contribution in [2.75, 3.05) is 26.2 Å². The van der Waals surface area contributed by atoms with Gasteiger partial charge in [0.15, 0.2) is 0 Å². The average molecular weight is 691 g/mol. The maximum atomic E-state index is 13.9. The van der Waals surface area contributed by atoms with E-state index in [0.29, 0.717) is 51.7 Å². The van der Waals surface area contributed by atoms with Crippen molar-refractivity contribution < 1.29 is 24.0 Å². The van der Waals surface area contributed by atoms with Crippen LogP contribution in [0.2, 0.25) is 0 Å². The molecule has 3 saturated heterocycles. The highest BCUT2D eigenvalue weighted by atomic mass is 16.2. The molecule has 0 aromatic heterocycles. The highest BCUT2D eigenvalue weighted by Gasteiger charge is 2.47. The first-order chi connectivity index (χ1) is 23.9. The van der Waals surface area contributed by atoms with Gasteiger partial charge in [-0.1, -0.05) is 74.5 Å². The number of nitrogens with two attached hydrogens (primary N) is 3. The van der Waals surface area contributed by atoms with Crippen LogP contribution in [0.4, 0.5) is 0 Å². The fourth-order valence-corrected chi connectivity index (χ4v) is 6.82. The molecule has 3 heterocycles. The number of hydrogen-bond acceptors (Lipinski definition) is 8. The Morgan fingerprint density at radius 2 is 1.30 bits per heavy atom. The van der Waals surface area contributed by atoms with Gasteiger partial charge in [-0.3, -0.25) is 28.9 Å². The zero-order valence-corrected chi connectivity index (χ0v) is 29.3. The summed E-state index contributed by atoms with van der Waals surface area (Å²) in [4.78, 5) is 70.2. The summed E-state index contributed by atoms with van der Waals surface area (Å²) < 4.78 is 0. The minimum Gasteiger partial charge on any atom is -0.369 e. The Kier molecular flexibility index (Phi) is 14.3. The smallest absolute Gasteiger partial charge is 0.245 e. The topological polar surface area (TPSA) is 206 Å². The second-order valence-corrected chi connectivity index (χ2v) is 14.0. The minimum absolute atomic E-state index is 0.0318. The summed E-state index contributed by atoms with van der Waals surface area (Å²) in [7, 11) is 0. The molecule has 0 radical (unpaired) electrons. The maximum Gasteiger partial charge on any atom is 0.245 e. The molecule has 13 nitrogen and oxygen atoms in total. The van der Waals surface area contributed by atoms with Crippen LogP contribution in [0.15, 0.2) is 60.7 Å². The molecule has 6 atom stereocenters. The highest BCUT2D eigenvalue weighted by Crippen LogP contribution is 2.32. The van der Waals surface area contributed by atoms with E-state index in [0.717, 1.165) is 17.5 Å². The summed E-state index contributed by atoms with van der Waals surface area (Å²) in [6, 6.07) is 15.2. The second-order valence-electron chi connectivity index (χ2n) is 14.0. The third kappa shape index (κ3) is 11.1. The van der Waals surface area contributed by atoms with Crippen molar-refractivity contribution in [2.45, 2.75) is 95.0 Å². The van der Waals surface area contributed by atoms with Gasteiger partial charge < -0.3 is 38.1 Å². The number of benzene rings is 2. The molecule has 13 heteroatoms. The summed E-state index contributed by atoms with van der Waals surface area (Å²) in [5, 5.41) is 8.67. The van der Waals surface area contributed by atoms with Gasteiger partial charge in [-0.25, -0.2) is 0 Å². The quantitative estimate of drug-likeness (QED) is 0.112. The zero-order valence-electron chi connectivity index (χ0n) is 29.3. The van der Waals surface area contributed by atoms with Gasteiger partial charge in [0, 0.05) is 31.6 Å². The van der Waals surface area contributed by atoms with Crippen molar-refractivity contribution in [1.29, 1.82) is 0 Å². The number of carbonyl (C=O) groups excluding carboxylic acids is 5. The Labute approximate surface area is 295 Å². The number of piperidine rings is 1. The molecule has 50 heavy (non-hydrogen) atoms. The van der Waals surface area contributed by atoms with E-state index in [9.17, 15) is 24.0 Å². The van der Waals surface area contributed by atoms with Crippen LogP contribution in [0.3, 0.4) is 0 Å². The second kappa shape index (κ2) is 18.6. The van der Waals surface area contributed by atoms with E-state index in [1.54, 1.807) is 4.90 Å². The van der Waals surface area contributed by atoms with Gasteiger partial charge in [-0.15, -0.1) is 0 Å². The summed E-state index contributed by atoms with van der Waals surface area (Å²) in [6.45, 7) is 5.41. The number of rotatable bonds is 19. The van der Waals surface area contributed by atoms with E-state index >= 15 is 0 Å². The normalized spacial score (nSPS) is 19.4. The predicted octanol–water partition coefficient (Wildman–Crippen LogP) is 0.199. The molecule has 0 aliphatic carbocycles. The molecule has 9 N–H and O–H groups in total. The SMILES string of the molecule is CC(C)CC(NC(=O)C(Cc1ccccc1)NC(=O)C(N)Cc1ccccc1)C(=O)NC(CCCCN)C(=O)N1CC2CC(C1)N2CC(N)=O. The molecule has 2 aromatic rings. The van der Waals surface area contributed by atoms with E-state index < -0.39 is 47.8 Å². The lowest BCUT2D eigenvalue weighted by Gasteiger charge is -2.56. The number of nitrogens with one attached hydrogen (secondary N) is 3. The molecule has 2 aromatic carbocycles. The fraction of sp³-hybridized carbons (Fsp3) is 0.541. The summed E-state index contributed by atoms with van der Waals surface area (Å²) in [6.07, 6.45) is 3.42. The largest absolute Gasteiger partial charge is 0.369 e. The Balaban J connectivity index is 1.46. The number of primary amides is 1. The van der Waals surface area contributed by atoms with Crippen molar-refractivity contribution in [3.05, 3.63) is 71.8 Å². The van der Waals surface area contributed by atoms with Gasteiger partial charge in [0.25, 0.3) is 0 Å². The van der Waals surface area contributed by atoms with Crippen molar-refractivity contribution in [3.63, 3.8) is 0 Å². The number of fused-ring (bicyclic) bond motifs is 2. The molecule has 5 amide bonds. The number of nitrogens with zero attached hydrogens (tertiary/aromatic N) is 2. The first kappa shape index (κ1) is 38.5. The van der Waals surface area contributed by atoms with Gasteiger partial charge in [-0.2, -0.15) is 0 Å². The van der Waals surface area contributed by atoms with Crippen LogP contribution in [0.25, 0.3) is 0 Å². The van der Waals surface area contributed by atoms with Gasteiger partial charge in [0.1, 0.15) is 18.1 Å². The molecular weight excluding hydrogens is 636 g/mol. The lowest BCUT2D eigenvalue weighted by atomic mass is 9.87. The summed E-state index contributed by atoms with van der Waals surface area (Å²) in [5.74, 6) is -2.03. The molecule has 0 saturated carbocycles. The highest BCUT2D eigenvalue weighted by molar-refractivity contribution is 5.95. The molecule has 0 spiro atoms. The standard InChI is InChI=1S/C37H54N8O5/c1-24(2)17-31(35(48)41-30(15-9-10-16-38)37(50)44-21-27-20-28(22-44)45(27)23-33(40)46)43-36(49)32(19-26-13-7-4-8-14-26)42-34(47)29(39)18-25-11-5-3-6-12-25/h3-8,11-14,24,27-32H,9-10,15-23,38-39H2,1-2H3,(H2,40,46)(H,41,48)(H,42,47)(H,43,49). The monoisotopic (exact) mass is 690 g/mol. The Hall–Kier alpha value is -4.33. The van der Waals surface area contributed by atoms with Crippen LogP contribution in [0, 0.1) is 5.92 Å². The van der Waals surface area contributed by atoms with Crippen LogP contribution < -0.4 is 33.2 Å². The summed E-state index contributed by atoms with van der Waals surface area (Å²) in [5.41, 5.74) is 19.1.